The van der Waals surface area contributed by atoms with Gasteiger partial charge in [-0.1, -0.05) is 194 Å². The van der Waals surface area contributed by atoms with E-state index in [4.69, 9.17) is 0 Å². The van der Waals surface area contributed by atoms with Gasteiger partial charge in [0, 0.05) is 0 Å². The zero-order valence-electron chi connectivity index (χ0n) is 26.5. The SMILES string of the molecule is CCCCCCCCCCCCCCCCC(CCCCCCCCCCCCCCCC)(C(=O)O)C(O)O. The number of carboxylic acids is 1. The molecule has 0 aromatic carbocycles. The lowest BCUT2D eigenvalue weighted by Gasteiger charge is -2.31. The molecule has 4 heteroatoms. The molecule has 4 nitrogen and oxygen atoms in total. The summed E-state index contributed by atoms with van der Waals surface area (Å²) in [4.78, 5) is 12.1. The van der Waals surface area contributed by atoms with Crippen molar-refractivity contribution in [1.82, 2.24) is 0 Å². The van der Waals surface area contributed by atoms with Crippen LogP contribution in [0.15, 0.2) is 0 Å². The molecule has 0 saturated heterocycles. The van der Waals surface area contributed by atoms with Crippen molar-refractivity contribution >= 4 is 5.97 Å². The van der Waals surface area contributed by atoms with Gasteiger partial charge in [-0.2, -0.15) is 0 Å². The molecule has 0 rings (SSSR count). The Labute approximate surface area is 244 Å². The van der Waals surface area contributed by atoms with Gasteiger partial charge in [-0.3, -0.25) is 4.79 Å². The first-order chi connectivity index (χ1) is 19.0. The van der Waals surface area contributed by atoms with E-state index in [1.165, 1.54) is 141 Å². The normalized spacial score (nSPS) is 12.0. The van der Waals surface area contributed by atoms with Crippen LogP contribution in [0.1, 0.15) is 206 Å². The Hall–Kier alpha value is -0.610. The van der Waals surface area contributed by atoms with Crippen LogP contribution in [0.25, 0.3) is 0 Å². The molecule has 0 amide bonds. The quantitative estimate of drug-likeness (QED) is 0.0570. The fourth-order valence-electron chi connectivity index (χ4n) is 5.98. The third-order valence-corrected chi connectivity index (χ3v) is 8.87. The largest absolute Gasteiger partial charge is 0.481 e. The minimum absolute atomic E-state index is 0.372. The maximum absolute atomic E-state index is 12.1. The Morgan fingerprint density at radius 1 is 0.436 bits per heavy atom. The van der Waals surface area contributed by atoms with E-state index < -0.39 is 17.7 Å². The smallest absolute Gasteiger partial charge is 0.314 e. The Morgan fingerprint density at radius 2 is 0.641 bits per heavy atom. The average Bonchev–Trinajstić information content (AvgIpc) is 2.91. The van der Waals surface area contributed by atoms with Gasteiger partial charge in [0.1, 0.15) is 5.41 Å². The molecule has 234 valence electrons. The van der Waals surface area contributed by atoms with E-state index in [2.05, 4.69) is 13.8 Å². The van der Waals surface area contributed by atoms with Crippen molar-refractivity contribution in [3.8, 4) is 0 Å². The first-order valence-electron chi connectivity index (χ1n) is 17.6. The third-order valence-electron chi connectivity index (χ3n) is 8.87. The van der Waals surface area contributed by atoms with Gasteiger partial charge in [0.15, 0.2) is 6.29 Å². The Kier molecular flexibility index (Phi) is 28.4. The van der Waals surface area contributed by atoms with Crippen LogP contribution in [0.3, 0.4) is 0 Å². The molecule has 39 heavy (non-hydrogen) atoms. The molecule has 3 N–H and O–H groups in total. The van der Waals surface area contributed by atoms with Crippen LogP contribution < -0.4 is 0 Å². The molecule has 0 unspecified atom stereocenters. The summed E-state index contributed by atoms with van der Waals surface area (Å²) in [5.74, 6) is -1.04. The minimum atomic E-state index is -1.78. The Morgan fingerprint density at radius 3 is 0.821 bits per heavy atom. The van der Waals surface area contributed by atoms with Crippen LogP contribution in [0.5, 0.6) is 0 Å². The summed E-state index contributed by atoms with van der Waals surface area (Å²) in [5, 5.41) is 29.9. The van der Waals surface area contributed by atoms with Crippen LogP contribution in [0.4, 0.5) is 0 Å². The molecular weight excluding hydrogens is 484 g/mol. The fraction of sp³-hybridized carbons (Fsp3) is 0.971. The van der Waals surface area contributed by atoms with Gasteiger partial charge in [-0.05, 0) is 12.8 Å². The Balaban J connectivity index is 3.83. The fourth-order valence-corrected chi connectivity index (χ4v) is 5.98. The zero-order chi connectivity index (χ0) is 28.9. The number of carbonyl (C=O) groups is 1. The number of aliphatic hydroxyl groups is 2. The van der Waals surface area contributed by atoms with Gasteiger partial charge in [0.25, 0.3) is 0 Å². The van der Waals surface area contributed by atoms with Gasteiger partial charge in [0.2, 0.25) is 0 Å². The van der Waals surface area contributed by atoms with Crippen molar-refractivity contribution in [2.45, 2.75) is 213 Å². The number of hydrogen-bond acceptors (Lipinski definition) is 3. The molecule has 0 aromatic heterocycles. The van der Waals surface area contributed by atoms with Crippen molar-refractivity contribution < 1.29 is 20.1 Å². The molecule has 0 aromatic rings. The molecule has 0 aliphatic carbocycles. The second kappa shape index (κ2) is 28.9. The molecule has 0 radical (unpaired) electrons. The minimum Gasteiger partial charge on any atom is -0.481 e. The molecule has 0 spiro atoms. The highest BCUT2D eigenvalue weighted by Gasteiger charge is 2.43. The van der Waals surface area contributed by atoms with Crippen LogP contribution in [-0.2, 0) is 4.79 Å². The van der Waals surface area contributed by atoms with E-state index in [9.17, 15) is 20.1 Å². The predicted octanol–water partition coefficient (Wildman–Crippen LogP) is 11.1. The summed E-state index contributed by atoms with van der Waals surface area (Å²) in [5.41, 5.74) is -1.39. The highest BCUT2D eigenvalue weighted by atomic mass is 16.5. The van der Waals surface area contributed by atoms with Gasteiger partial charge >= 0.3 is 5.97 Å². The summed E-state index contributed by atoms with van der Waals surface area (Å²) >= 11 is 0. The van der Waals surface area contributed by atoms with E-state index >= 15 is 0 Å². The van der Waals surface area contributed by atoms with Crippen LogP contribution in [0, 0.1) is 5.41 Å². The molecule has 0 bridgehead atoms. The second-order valence-corrected chi connectivity index (χ2v) is 12.5. The topological polar surface area (TPSA) is 77.8 Å². The second-order valence-electron chi connectivity index (χ2n) is 12.5. The molecule has 0 saturated carbocycles. The van der Waals surface area contributed by atoms with E-state index in [0.29, 0.717) is 12.8 Å². The van der Waals surface area contributed by atoms with Gasteiger partial charge in [-0.25, -0.2) is 0 Å². The van der Waals surface area contributed by atoms with E-state index in [1.807, 2.05) is 0 Å². The number of rotatable bonds is 32. The monoisotopic (exact) mass is 555 g/mol. The molecular formula is C35H70O4. The predicted molar refractivity (Wildman–Crippen MR) is 168 cm³/mol. The molecule has 0 atom stereocenters. The maximum atomic E-state index is 12.1. The van der Waals surface area contributed by atoms with Crippen LogP contribution in [-0.4, -0.2) is 27.6 Å². The summed E-state index contributed by atoms with van der Waals surface area (Å²) in [7, 11) is 0. The third kappa shape index (κ3) is 22.7. The molecule has 0 fully saturated rings. The highest BCUT2D eigenvalue weighted by Crippen LogP contribution is 2.35. The van der Waals surface area contributed by atoms with Crippen molar-refractivity contribution in [2.24, 2.45) is 5.41 Å². The number of hydrogen-bond donors (Lipinski definition) is 3. The molecule has 0 aliphatic heterocycles. The first-order valence-corrected chi connectivity index (χ1v) is 17.6. The lowest BCUT2D eigenvalue weighted by molar-refractivity contribution is -0.185. The lowest BCUT2D eigenvalue weighted by atomic mass is 9.77. The van der Waals surface area contributed by atoms with Gasteiger partial charge in [0.05, 0.1) is 0 Å². The Bertz CT molecular complexity index is 473. The number of aliphatic carboxylic acids is 1. The van der Waals surface area contributed by atoms with Crippen molar-refractivity contribution in [3.05, 3.63) is 0 Å². The maximum Gasteiger partial charge on any atom is 0.314 e. The summed E-state index contributed by atoms with van der Waals surface area (Å²) in [6.07, 6.45) is 34.2. The summed E-state index contributed by atoms with van der Waals surface area (Å²) < 4.78 is 0. The van der Waals surface area contributed by atoms with Gasteiger partial charge in [-0.15, -0.1) is 0 Å². The van der Waals surface area contributed by atoms with E-state index in [-0.39, 0.29) is 0 Å². The molecule has 0 heterocycles. The van der Waals surface area contributed by atoms with Gasteiger partial charge < -0.3 is 15.3 Å². The molecule has 0 aliphatic rings. The van der Waals surface area contributed by atoms with E-state index in [0.717, 1.165) is 38.5 Å². The number of aliphatic hydroxyl groups excluding tert-OH is 1. The number of unbranched alkanes of at least 4 members (excludes halogenated alkanes) is 26. The summed E-state index contributed by atoms with van der Waals surface area (Å²) in [6.45, 7) is 4.53. The standard InChI is InChI=1S/C35H70O4/c1-3-5-7-9-11-13-15-17-19-21-23-25-27-29-31-35(33(36)37,34(38)39)32-30-28-26-24-22-20-18-16-14-12-10-8-6-4-2/h33,36-37H,3-32H2,1-2H3,(H,38,39). The van der Waals surface area contributed by atoms with Crippen molar-refractivity contribution in [2.75, 3.05) is 0 Å². The average molecular weight is 555 g/mol. The van der Waals surface area contributed by atoms with E-state index in [1.54, 1.807) is 0 Å². The lowest BCUT2D eigenvalue weighted by Crippen LogP contribution is -2.42. The first kappa shape index (κ1) is 38.4. The number of carboxylic acid groups (broad SMARTS) is 1. The van der Waals surface area contributed by atoms with Crippen LogP contribution >= 0.6 is 0 Å². The van der Waals surface area contributed by atoms with Crippen LogP contribution in [0.2, 0.25) is 0 Å². The zero-order valence-corrected chi connectivity index (χ0v) is 26.5. The highest BCUT2D eigenvalue weighted by molar-refractivity contribution is 5.75. The van der Waals surface area contributed by atoms with Crippen molar-refractivity contribution in [3.63, 3.8) is 0 Å². The summed E-state index contributed by atoms with van der Waals surface area (Å²) in [6, 6.07) is 0. The van der Waals surface area contributed by atoms with Crippen molar-refractivity contribution in [1.29, 1.82) is 0 Å².